The molecule has 8 nitrogen and oxygen atoms in total. The van der Waals surface area contributed by atoms with E-state index in [-0.39, 0.29) is 17.1 Å². The molecule has 0 aliphatic heterocycles. The summed E-state index contributed by atoms with van der Waals surface area (Å²) in [5.41, 5.74) is 6.13. The molecule has 1 unspecified atom stereocenters. The highest BCUT2D eigenvalue weighted by atomic mass is 35.5. The Morgan fingerprint density at radius 3 is 2.26 bits per heavy atom. The topological polar surface area (TPSA) is 124 Å². The molecule has 0 saturated heterocycles. The SMILES string of the molecule is NC(=O)C(c1ccccc1)N(Cc1cccc([N+](=O)[O-])c1)S(=O)(=O)c1ccc(Cl)cc1. The van der Waals surface area contributed by atoms with Crippen LogP contribution in [0.15, 0.2) is 83.8 Å². The average molecular weight is 460 g/mol. The number of benzene rings is 3. The van der Waals surface area contributed by atoms with Gasteiger partial charge in [0, 0.05) is 23.7 Å². The van der Waals surface area contributed by atoms with Crippen molar-refractivity contribution >= 4 is 33.2 Å². The Kier molecular flexibility index (Phi) is 6.69. The Bertz CT molecular complexity index is 1200. The standard InChI is InChI=1S/C21H18ClN3O5S/c22-17-9-11-19(12-10-17)31(29,30)24(14-15-5-4-8-18(13-15)25(27)28)20(21(23)26)16-6-2-1-3-7-16/h1-13,20H,14H2,(H2,23,26). The maximum atomic E-state index is 13.5. The minimum Gasteiger partial charge on any atom is -0.368 e. The molecule has 0 aliphatic carbocycles. The van der Waals surface area contributed by atoms with Gasteiger partial charge in [0.05, 0.1) is 9.82 Å². The van der Waals surface area contributed by atoms with E-state index in [9.17, 15) is 23.3 Å². The number of primary amides is 1. The zero-order chi connectivity index (χ0) is 22.6. The zero-order valence-electron chi connectivity index (χ0n) is 16.1. The molecule has 0 spiro atoms. The molecule has 0 aromatic heterocycles. The summed E-state index contributed by atoms with van der Waals surface area (Å²) in [6.45, 7) is -0.310. The number of sulfonamides is 1. The van der Waals surface area contributed by atoms with Crippen LogP contribution in [0.5, 0.6) is 0 Å². The number of amides is 1. The molecule has 1 amide bonds. The van der Waals surface area contributed by atoms with E-state index in [1.807, 2.05) is 0 Å². The number of hydrogen-bond acceptors (Lipinski definition) is 5. The first-order valence-electron chi connectivity index (χ1n) is 9.05. The van der Waals surface area contributed by atoms with Crippen LogP contribution in [0.2, 0.25) is 5.02 Å². The van der Waals surface area contributed by atoms with Gasteiger partial charge >= 0.3 is 0 Å². The molecule has 3 aromatic carbocycles. The number of rotatable bonds is 8. The maximum absolute atomic E-state index is 13.5. The van der Waals surface area contributed by atoms with Gasteiger partial charge in [-0.1, -0.05) is 54.1 Å². The highest BCUT2D eigenvalue weighted by Crippen LogP contribution is 2.31. The van der Waals surface area contributed by atoms with E-state index < -0.39 is 26.9 Å². The number of carbonyl (C=O) groups is 1. The monoisotopic (exact) mass is 459 g/mol. The van der Waals surface area contributed by atoms with Gasteiger partial charge in [-0.3, -0.25) is 14.9 Å². The van der Waals surface area contributed by atoms with Crippen molar-refractivity contribution < 1.29 is 18.1 Å². The van der Waals surface area contributed by atoms with Crippen molar-refractivity contribution in [1.29, 1.82) is 0 Å². The van der Waals surface area contributed by atoms with E-state index in [1.165, 1.54) is 42.5 Å². The van der Waals surface area contributed by atoms with Crippen LogP contribution in [-0.2, 0) is 21.4 Å². The van der Waals surface area contributed by atoms with E-state index in [2.05, 4.69) is 0 Å². The highest BCUT2D eigenvalue weighted by Gasteiger charge is 2.36. The highest BCUT2D eigenvalue weighted by molar-refractivity contribution is 7.89. The van der Waals surface area contributed by atoms with Crippen LogP contribution in [0.1, 0.15) is 17.2 Å². The van der Waals surface area contributed by atoms with Crippen molar-refractivity contribution in [3.63, 3.8) is 0 Å². The third-order valence-corrected chi connectivity index (χ3v) is 6.63. The fraction of sp³-hybridized carbons (Fsp3) is 0.0952. The van der Waals surface area contributed by atoms with Crippen LogP contribution in [-0.4, -0.2) is 23.6 Å². The van der Waals surface area contributed by atoms with Gasteiger partial charge in [0.25, 0.3) is 5.69 Å². The third-order valence-electron chi connectivity index (χ3n) is 4.55. The van der Waals surface area contributed by atoms with Crippen LogP contribution in [0.3, 0.4) is 0 Å². The molecule has 0 heterocycles. The Hall–Kier alpha value is -3.27. The van der Waals surface area contributed by atoms with Gasteiger partial charge in [-0.05, 0) is 35.4 Å². The lowest BCUT2D eigenvalue weighted by molar-refractivity contribution is -0.384. The van der Waals surface area contributed by atoms with E-state index >= 15 is 0 Å². The predicted octanol–water partition coefficient (Wildman–Crippen LogP) is 3.67. The van der Waals surface area contributed by atoms with Crippen molar-refractivity contribution in [2.24, 2.45) is 5.73 Å². The number of nitro benzene ring substituents is 1. The van der Waals surface area contributed by atoms with Crippen LogP contribution in [0.4, 0.5) is 5.69 Å². The van der Waals surface area contributed by atoms with E-state index in [1.54, 1.807) is 36.4 Å². The second kappa shape index (κ2) is 9.25. The second-order valence-corrected chi connectivity index (χ2v) is 8.97. The summed E-state index contributed by atoms with van der Waals surface area (Å²) in [5, 5.41) is 11.5. The second-order valence-electron chi connectivity index (χ2n) is 6.65. The number of nitrogens with zero attached hydrogens (tertiary/aromatic N) is 2. The average Bonchev–Trinajstić information content (AvgIpc) is 2.74. The summed E-state index contributed by atoms with van der Waals surface area (Å²) in [6, 6.07) is 17.9. The van der Waals surface area contributed by atoms with Crippen LogP contribution in [0, 0.1) is 10.1 Å². The molecule has 0 fully saturated rings. The molecule has 2 N–H and O–H groups in total. The molecule has 160 valence electrons. The van der Waals surface area contributed by atoms with Gasteiger partial charge in [0.1, 0.15) is 6.04 Å². The predicted molar refractivity (Wildman–Crippen MR) is 116 cm³/mol. The molecular formula is C21H18ClN3O5S. The van der Waals surface area contributed by atoms with Crippen molar-refractivity contribution in [3.8, 4) is 0 Å². The van der Waals surface area contributed by atoms with Crippen LogP contribution in [0.25, 0.3) is 0 Å². The number of halogens is 1. The first-order chi connectivity index (χ1) is 14.7. The Morgan fingerprint density at radius 1 is 1.03 bits per heavy atom. The lowest BCUT2D eigenvalue weighted by Gasteiger charge is -2.29. The minimum absolute atomic E-state index is 0.0930. The number of nitrogens with two attached hydrogens (primary N) is 1. The molecule has 0 saturated carbocycles. The van der Waals surface area contributed by atoms with Crippen LogP contribution < -0.4 is 5.73 Å². The fourth-order valence-electron chi connectivity index (χ4n) is 3.11. The first kappa shape index (κ1) is 22.4. The van der Waals surface area contributed by atoms with E-state index in [4.69, 9.17) is 17.3 Å². The fourth-order valence-corrected chi connectivity index (χ4v) is 4.81. The molecule has 1 atom stereocenters. The summed E-state index contributed by atoms with van der Waals surface area (Å²) < 4.78 is 28.0. The van der Waals surface area contributed by atoms with Crippen molar-refractivity contribution in [2.75, 3.05) is 0 Å². The van der Waals surface area contributed by atoms with Gasteiger partial charge in [-0.2, -0.15) is 4.31 Å². The van der Waals surface area contributed by atoms with Gasteiger partial charge in [0.2, 0.25) is 15.9 Å². The molecule has 0 radical (unpaired) electrons. The number of nitro groups is 1. The number of carbonyl (C=O) groups excluding carboxylic acids is 1. The molecule has 3 rings (SSSR count). The molecule has 31 heavy (non-hydrogen) atoms. The largest absolute Gasteiger partial charge is 0.368 e. The van der Waals surface area contributed by atoms with E-state index in [0.29, 0.717) is 16.1 Å². The van der Waals surface area contributed by atoms with Gasteiger partial charge in [-0.25, -0.2) is 8.42 Å². The zero-order valence-corrected chi connectivity index (χ0v) is 17.7. The lowest BCUT2D eigenvalue weighted by Crippen LogP contribution is -2.41. The normalized spacial score (nSPS) is 12.5. The van der Waals surface area contributed by atoms with Crippen molar-refractivity contribution in [2.45, 2.75) is 17.5 Å². The van der Waals surface area contributed by atoms with Crippen molar-refractivity contribution in [3.05, 3.63) is 105 Å². The van der Waals surface area contributed by atoms with Gasteiger partial charge in [-0.15, -0.1) is 0 Å². The maximum Gasteiger partial charge on any atom is 0.269 e. The summed E-state index contributed by atoms with van der Waals surface area (Å²) in [5.74, 6) is -0.880. The first-order valence-corrected chi connectivity index (χ1v) is 10.9. The molecule has 0 bridgehead atoms. The quantitative estimate of drug-likeness (QED) is 0.406. The summed E-state index contributed by atoms with van der Waals surface area (Å²) in [7, 11) is -4.24. The van der Waals surface area contributed by atoms with E-state index in [0.717, 1.165) is 4.31 Å². The number of hydrogen-bond donors (Lipinski definition) is 1. The molecule has 3 aromatic rings. The molecule has 0 aliphatic rings. The Balaban J connectivity index is 2.15. The van der Waals surface area contributed by atoms with Crippen molar-refractivity contribution in [1.82, 2.24) is 4.31 Å². The Labute approximate surface area is 184 Å². The number of non-ortho nitro benzene ring substituents is 1. The molecular weight excluding hydrogens is 442 g/mol. The van der Waals surface area contributed by atoms with Crippen LogP contribution >= 0.6 is 11.6 Å². The Morgan fingerprint density at radius 2 is 1.68 bits per heavy atom. The lowest BCUT2D eigenvalue weighted by atomic mass is 10.1. The minimum atomic E-state index is -4.24. The van der Waals surface area contributed by atoms with Gasteiger partial charge < -0.3 is 5.73 Å². The smallest absolute Gasteiger partial charge is 0.269 e. The summed E-state index contributed by atoms with van der Waals surface area (Å²) >= 11 is 5.88. The summed E-state index contributed by atoms with van der Waals surface area (Å²) in [4.78, 5) is 22.9. The van der Waals surface area contributed by atoms with Gasteiger partial charge in [0.15, 0.2) is 0 Å². The third kappa shape index (κ3) is 5.08. The molecule has 10 heteroatoms. The summed E-state index contributed by atoms with van der Waals surface area (Å²) in [6.07, 6.45) is 0.